The van der Waals surface area contributed by atoms with Crippen LogP contribution in [0.25, 0.3) is 0 Å². The van der Waals surface area contributed by atoms with Crippen molar-refractivity contribution in [2.75, 3.05) is 18.6 Å². The molecule has 7 heteroatoms. The molecule has 5 nitrogen and oxygen atoms in total. The Morgan fingerprint density at radius 3 is 2.27 bits per heavy atom. The van der Waals surface area contributed by atoms with Gasteiger partial charge in [-0.25, -0.2) is 17.6 Å². The minimum atomic E-state index is -3.16. The average Bonchev–Trinajstić information content (AvgIpc) is 2.37. The van der Waals surface area contributed by atoms with Gasteiger partial charge in [0.25, 0.3) is 0 Å². The molecule has 22 heavy (non-hydrogen) atoms. The third-order valence-electron chi connectivity index (χ3n) is 3.39. The lowest BCUT2D eigenvalue weighted by Crippen LogP contribution is -2.47. The van der Waals surface area contributed by atoms with Crippen molar-refractivity contribution in [1.82, 2.24) is 10.2 Å². The minimum absolute atomic E-state index is 0.0841. The number of rotatable bonds is 6. The lowest BCUT2D eigenvalue weighted by Gasteiger charge is -2.29. The number of urea groups is 1. The van der Waals surface area contributed by atoms with Gasteiger partial charge in [0, 0.05) is 18.8 Å². The third-order valence-corrected chi connectivity index (χ3v) is 4.48. The number of carbonyl (C=O) groups excluding carboxylic acids is 1. The SMILES string of the molecule is CCN(C(=O)N[C@H](C)c1ccc(F)cc1)[C@@H](C)CS(C)(=O)=O. The van der Waals surface area contributed by atoms with Gasteiger partial charge in [-0.15, -0.1) is 0 Å². The molecule has 0 radical (unpaired) electrons. The van der Waals surface area contributed by atoms with E-state index in [4.69, 9.17) is 0 Å². The van der Waals surface area contributed by atoms with Crippen LogP contribution in [0.5, 0.6) is 0 Å². The summed E-state index contributed by atoms with van der Waals surface area (Å²) in [4.78, 5) is 13.8. The van der Waals surface area contributed by atoms with Gasteiger partial charge in [-0.1, -0.05) is 12.1 Å². The van der Waals surface area contributed by atoms with Crippen LogP contribution in [0.4, 0.5) is 9.18 Å². The molecule has 0 saturated heterocycles. The molecule has 2 atom stereocenters. The van der Waals surface area contributed by atoms with Crippen molar-refractivity contribution >= 4 is 15.9 Å². The predicted octanol–water partition coefficient (Wildman–Crippen LogP) is 2.35. The Bertz CT molecular complexity index is 602. The van der Waals surface area contributed by atoms with Crippen molar-refractivity contribution in [2.45, 2.75) is 32.9 Å². The van der Waals surface area contributed by atoms with Gasteiger partial charge < -0.3 is 10.2 Å². The van der Waals surface area contributed by atoms with Crippen molar-refractivity contribution in [2.24, 2.45) is 0 Å². The molecule has 0 aromatic heterocycles. The zero-order valence-corrected chi connectivity index (χ0v) is 14.2. The number of benzene rings is 1. The second-order valence-electron chi connectivity index (χ2n) is 5.45. The van der Waals surface area contributed by atoms with Crippen molar-refractivity contribution in [1.29, 1.82) is 0 Å². The normalized spacial score (nSPS) is 14.2. The van der Waals surface area contributed by atoms with Crippen LogP contribution in [-0.4, -0.2) is 43.9 Å². The zero-order chi connectivity index (χ0) is 16.9. The average molecular weight is 330 g/mol. The van der Waals surface area contributed by atoms with E-state index in [0.717, 1.165) is 11.8 Å². The van der Waals surface area contributed by atoms with Crippen LogP contribution in [0.1, 0.15) is 32.4 Å². The van der Waals surface area contributed by atoms with Gasteiger partial charge in [0.05, 0.1) is 11.8 Å². The van der Waals surface area contributed by atoms with Crippen molar-refractivity contribution < 1.29 is 17.6 Å². The van der Waals surface area contributed by atoms with E-state index in [-0.39, 0.29) is 23.6 Å². The summed E-state index contributed by atoms with van der Waals surface area (Å²) in [5.74, 6) is -0.418. The summed E-state index contributed by atoms with van der Waals surface area (Å²) in [6, 6.07) is 4.83. The highest BCUT2D eigenvalue weighted by Crippen LogP contribution is 2.14. The molecule has 0 aliphatic heterocycles. The maximum atomic E-state index is 12.9. The summed E-state index contributed by atoms with van der Waals surface area (Å²) in [7, 11) is -3.16. The Morgan fingerprint density at radius 2 is 1.82 bits per heavy atom. The molecule has 1 aromatic rings. The lowest BCUT2D eigenvalue weighted by atomic mass is 10.1. The Balaban J connectivity index is 2.74. The second kappa shape index (κ2) is 7.58. The monoisotopic (exact) mass is 330 g/mol. The first-order valence-electron chi connectivity index (χ1n) is 7.14. The first kappa shape index (κ1) is 18.4. The summed E-state index contributed by atoms with van der Waals surface area (Å²) in [5, 5.41) is 2.80. The standard InChI is InChI=1S/C15H23FN2O3S/c1-5-18(11(2)10-22(4,20)21)15(19)17-12(3)13-6-8-14(16)9-7-13/h6-9,11-12H,5,10H2,1-4H3,(H,17,19)/t11-,12+/m0/s1. The Hall–Kier alpha value is -1.63. The number of amides is 2. The van der Waals surface area contributed by atoms with Crippen LogP contribution in [-0.2, 0) is 9.84 Å². The van der Waals surface area contributed by atoms with Gasteiger partial charge in [-0.3, -0.25) is 0 Å². The predicted molar refractivity (Wildman–Crippen MR) is 84.9 cm³/mol. The maximum Gasteiger partial charge on any atom is 0.318 e. The number of nitrogens with zero attached hydrogens (tertiary/aromatic N) is 1. The van der Waals surface area contributed by atoms with E-state index in [0.29, 0.717) is 6.54 Å². The molecule has 0 unspecified atom stereocenters. The highest BCUT2D eigenvalue weighted by Gasteiger charge is 2.23. The minimum Gasteiger partial charge on any atom is -0.331 e. The molecule has 124 valence electrons. The van der Waals surface area contributed by atoms with E-state index in [1.54, 1.807) is 32.9 Å². The Morgan fingerprint density at radius 1 is 1.27 bits per heavy atom. The van der Waals surface area contributed by atoms with Crippen molar-refractivity contribution in [3.63, 3.8) is 0 Å². The fourth-order valence-electron chi connectivity index (χ4n) is 2.29. The quantitative estimate of drug-likeness (QED) is 0.871. The van der Waals surface area contributed by atoms with E-state index in [1.165, 1.54) is 17.0 Å². The fraction of sp³-hybridized carbons (Fsp3) is 0.533. The molecular formula is C15H23FN2O3S. The van der Waals surface area contributed by atoms with Crippen LogP contribution in [0.15, 0.2) is 24.3 Å². The van der Waals surface area contributed by atoms with Gasteiger partial charge in [0.2, 0.25) is 0 Å². The summed E-state index contributed by atoms with van der Waals surface area (Å²) in [6.07, 6.45) is 1.15. The number of hydrogen-bond acceptors (Lipinski definition) is 3. The summed E-state index contributed by atoms with van der Waals surface area (Å²) < 4.78 is 35.6. The van der Waals surface area contributed by atoms with Crippen LogP contribution in [0.3, 0.4) is 0 Å². The van der Waals surface area contributed by atoms with E-state index < -0.39 is 15.9 Å². The molecular weight excluding hydrogens is 307 g/mol. The van der Waals surface area contributed by atoms with Gasteiger partial charge in [-0.2, -0.15) is 0 Å². The molecule has 0 spiro atoms. The van der Waals surface area contributed by atoms with Gasteiger partial charge in [0.1, 0.15) is 15.7 Å². The van der Waals surface area contributed by atoms with Gasteiger partial charge >= 0.3 is 6.03 Å². The molecule has 1 aromatic carbocycles. The molecule has 1 N–H and O–H groups in total. The Kier molecular flexibility index (Phi) is 6.34. The van der Waals surface area contributed by atoms with Gasteiger partial charge in [-0.05, 0) is 38.5 Å². The summed E-state index contributed by atoms with van der Waals surface area (Å²) in [5.41, 5.74) is 0.779. The highest BCUT2D eigenvalue weighted by molar-refractivity contribution is 7.90. The first-order valence-corrected chi connectivity index (χ1v) is 9.20. The number of halogens is 1. The van der Waals surface area contributed by atoms with Crippen molar-refractivity contribution in [3.05, 3.63) is 35.6 Å². The lowest BCUT2D eigenvalue weighted by molar-refractivity contribution is 0.184. The first-order chi connectivity index (χ1) is 10.1. The molecule has 0 heterocycles. The van der Waals surface area contributed by atoms with E-state index in [9.17, 15) is 17.6 Å². The van der Waals surface area contributed by atoms with Gasteiger partial charge in [0.15, 0.2) is 0 Å². The molecule has 2 amide bonds. The number of carbonyl (C=O) groups is 1. The molecule has 0 aliphatic carbocycles. The summed E-state index contributed by atoms with van der Waals surface area (Å²) >= 11 is 0. The molecule has 0 aliphatic rings. The number of nitrogens with one attached hydrogen (secondary N) is 1. The zero-order valence-electron chi connectivity index (χ0n) is 13.3. The van der Waals surface area contributed by atoms with Crippen LogP contribution < -0.4 is 5.32 Å². The molecule has 0 bridgehead atoms. The smallest absolute Gasteiger partial charge is 0.318 e. The molecule has 1 rings (SSSR count). The third kappa shape index (κ3) is 5.63. The maximum absolute atomic E-state index is 12.9. The Labute approximate surface area is 131 Å². The van der Waals surface area contributed by atoms with E-state index in [1.807, 2.05) is 0 Å². The van der Waals surface area contributed by atoms with E-state index >= 15 is 0 Å². The van der Waals surface area contributed by atoms with Crippen LogP contribution >= 0.6 is 0 Å². The van der Waals surface area contributed by atoms with E-state index in [2.05, 4.69) is 5.32 Å². The largest absolute Gasteiger partial charge is 0.331 e. The molecule has 0 saturated carbocycles. The van der Waals surface area contributed by atoms with Crippen LogP contribution in [0.2, 0.25) is 0 Å². The molecule has 0 fully saturated rings. The number of hydrogen-bond donors (Lipinski definition) is 1. The highest BCUT2D eigenvalue weighted by atomic mass is 32.2. The van der Waals surface area contributed by atoms with Crippen molar-refractivity contribution in [3.8, 4) is 0 Å². The number of sulfone groups is 1. The topological polar surface area (TPSA) is 66.5 Å². The fourth-order valence-corrected chi connectivity index (χ4v) is 3.34. The summed E-state index contributed by atoms with van der Waals surface area (Å²) in [6.45, 7) is 5.69. The second-order valence-corrected chi connectivity index (χ2v) is 7.64. The van der Waals surface area contributed by atoms with Crippen LogP contribution in [0, 0.1) is 5.82 Å².